The average Bonchev–Trinajstić information content (AvgIpc) is 2.30. The maximum absolute atomic E-state index is 10.1. The quantitative estimate of drug-likeness (QED) is 0.844. The first-order chi connectivity index (χ1) is 8.22. The summed E-state index contributed by atoms with van der Waals surface area (Å²) >= 11 is 0. The summed E-state index contributed by atoms with van der Waals surface area (Å²) < 4.78 is 0. The molecule has 1 aromatic carbocycles. The second-order valence-corrected chi connectivity index (χ2v) is 5.11. The molecule has 1 N–H and O–H groups in total. The third-order valence-corrected chi connectivity index (χ3v) is 4.21. The van der Waals surface area contributed by atoms with Crippen LogP contribution in [0.5, 0.6) is 5.75 Å². The number of rotatable bonds is 5. The van der Waals surface area contributed by atoms with Gasteiger partial charge in [0.05, 0.1) is 0 Å². The fourth-order valence-electron chi connectivity index (χ4n) is 2.91. The predicted molar refractivity (Wildman–Crippen MR) is 71.4 cm³/mol. The summed E-state index contributed by atoms with van der Waals surface area (Å²) in [6, 6.07) is 7.86. The second-order valence-electron chi connectivity index (χ2n) is 5.11. The van der Waals surface area contributed by atoms with Crippen molar-refractivity contribution in [2.45, 2.75) is 38.5 Å². The summed E-state index contributed by atoms with van der Waals surface area (Å²) in [6.07, 6.45) is 3.71. The minimum absolute atomic E-state index is 0.206. The lowest BCUT2D eigenvalue weighted by molar-refractivity contribution is 0.145. The Balaban J connectivity index is 2.23. The molecule has 0 bridgehead atoms. The largest absolute Gasteiger partial charge is 0.508 e. The number of phenolic OH excluding ortho intramolecular Hbond substituents is 1. The Hall–Kier alpha value is -1.02. The maximum Gasteiger partial charge on any atom is 0.119 e. The van der Waals surface area contributed by atoms with E-state index in [2.05, 4.69) is 24.8 Å². The first-order valence-electron chi connectivity index (χ1n) is 6.72. The van der Waals surface area contributed by atoms with Gasteiger partial charge in [-0.25, -0.2) is 0 Å². The van der Waals surface area contributed by atoms with Crippen LogP contribution in [0.25, 0.3) is 0 Å². The lowest BCUT2D eigenvalue weighted by Crippen LogP contribution is -2.45. The maximum atomic E-state index is 10.1. The Bertz CT molecular complexity index is 367. The summed E-state index contributed by atoms with van der Waals surface area (Å²) in [4.78, 5) is 2.46. The van der Waals surface area contributed by atoms with Gasteiger partial charge in [0.1, 0.15) is 5.75 Å². The average molecular weight is 233 g/mol. The highest BCUT2D eigenvalue weighted by molar-refractivity contribution is 5.40. The van der Waals surface area contributed by atoms with E-state index in [1.165, 1.54) is 19.3 Å². The number of likely N-dealkylation sites (N-methyl/N-ethyl adjacent to an activating group) is 1. The van der Waals surface area contributed by atoms with Crippen LogP contribution >= 0.6 is 0 Å². The van der Waals surface area contributed by atoms with Gasteiger partial charge in [0.2, 0.25) is 0 Å². The van der Waals surface area contributed by atoms with Crippen LogP contribution in [0.1, 0.15) is 38.7 Å². The molecular weight excluding hydrogens is 210 g/mol. The molecule has 0 unspecified atom stereocenters. The van der Waals surface area contributed by atoms with Crippen molar-refractivity contribution >= 4 is 0 Å². The van der Waals surface area contributed by atoms with E-state index < -0.39 is 0 Å². The topological polar surface area (TPSA) is 23.5 Å². The van der Waals surface area contributed by atoms with Crippen LogP contribution in [0, 0.1) is 0 Å². The molecule has 0 radical (unpaired) electrons. The molecule has 2 rings (SSSR count). The zero-order chi connectivity index (χ0) is 12.3. The number of para-hydroxylation sites is 1. The molecule has 1 saturated carbocycles. The van der Waals surface area contributed by atoms with Crippen molar-refractivity contribution in [1.82, 2.24) is 4.90 Å². The van der Waals surface area contributed by atoms with Gasteiger partial charge in [-0.15, -0.1) is 0 Å². The van der Waals surface area contributed by atoms with Gasteiger partial charge in [-0.1, -0.05) is 38.5 Å². The predicted octanol–water partition coefficient (Wildman–Crippen LogP) is 3.16. The smallest absolute Gasteiger partial charge is 0.119 e. The van der Waals surface area contributed by atoms with Crippen LogP contribution < -0.4 is 0 Å². The van der Waals surface area contributed by atoms with Crippen molar-refractivity contribution in [3.8, 4) is 5.75 Å². The zero-order valence-electron chi connectivity index (χ0n) is 10.9. The van der Waals surface area contributed by atoms with Gasteiger partial charge in [-0.3, -0.25) is 0 Å². The normalized spacial score (nSPS) is 18.1. The lowest BCUT2D eigenvalue weighted by Gasteiger charge is -2.45. The van der Waals surface area contributed by atoms with Gasteiger partial charge in [-0.05, 0) is 32.0 Å². The highest BCUT2D eigenvalue weighted by Crippen LogP contribution is 2.47. The molecule has 0 amide bonds. The molecule has 0 atom stereocenters. The van der Waals surface area contributed by atoms with Gasteiger partial charge in [-0.2, -0.15) is 0 Å². The Morgan fingerprint density at radius 2 is 1.82 bits per heavy atom. The number of benzene rings is 1. The number of nitrogens with zero attached hydrogens (tertiary/aromatic N) is 1. The van der Waals surface area contributed by atoms with Crippen molar-refractivity contribution in [3.63, 3.8) is 0 Å². The molecule has 94 valence electrons. The molecule has 0 heterocycles. The fourth-order valence-corrected chi connectivity index (χ4v) is 2.91. The van der Waals surface area contributed by atoms with Crippen molar-refractivity contribution in [1.29, 1.82) is 0 Å². The first kappa shape index (κ1) is 12.4. The highest BCUT2D eigenvalue weighted by Gasteiger charge is 2.41. The second kappa shape index (κ2) is 5.09. The summed E-state index contributed by atoms with van der Waals surface area (Å²) in [5.41, 5.74) is 1.36. The standard InChI is InChI=1S/C15H23NO/c1-3-16(4-2)12-15(10-7-11-15)13-8-5-6-9-14(13)17/h5-6,8-9,17H,3-4,7,10-12H2,1-2H3. The SMILES string of the molecule is CCN(CC)CC1(c2ccccc2O)CCC1. The van der Waals surface area contributed by atoms with E-state index >= 15 is 0 Å². The number of aromatic hydroxyl groups is 1. The van der Waals surface area contributed by atoms with Gasteiger partial charge < -0.3 is 10.0 Å². The van der Waals surface area contributed by atoms with Gasteiger partial charge in [0, 0.05) is 17.5 Å². The van der Waals surface area contributed by atoms with Crippen LogP contribution in [-0.2, 0) is 5.41 Å². The van der Waals surface area contributed by atoms with Crippen LogP contribution in [0.15, 0.2) is 24.3 Å². The van der Waals surface area contributed by atoms with Crippen LogP contribution in [0.3, 0.4) is 0 Å². The summed E-state index contributed by atoms with van der Waals surface area (Å²) in [5, 5.41) is 10.1. The monoisotopic (exact) mass is 233 g/mol. The Kier molecular flexibility index (Phi) is 3.72. The summed E-state index contributed by atoms with van der Waals surface area (Å²) in [7, 11) is 0. The van der Waals surface area contributed by atoms with Crippen molar-refractivity contribution in [2.75, 3.05) is 19.6 Å². The molecule has 0 saturated heterocycles. The van der Waals surface area contributed by atoms with Crippen molar-refractivity contribution in [2.24, 2.45) is 0 Å². The van der Waals surface area contributed by atoms with Crippen LogP contribution in [-0.4, -0.2) is 29.6 Å². The van der Waals surface area contributed by atoms with E-state index in [-0.39, 0.29) is 5.41 Å². The zero-order valence-corrected chi connectivity index (χ0v) is 10.9. The van der Waals surface area contributed by atoms with E-state index in [1.807, 2.05) is 18.2 Å². The molecule has 2 nitrogen and oxygen atoms in total. The minimum Gasteiger partial charge on any atom is -0.508 e. The van der Waals surface area contributed by atoms with Crippen LogP contribution in [0.2, 0.25) is 0 Å². The van der Waals surface area contributed by atoms with E-state index in [9.17, 15) is 5.11 Å². The third-order valence-electron chi connectivity index (χ3n) is 4.21. The highest BCUT2D eigenvalue weighted by atomic mass is 16.3. The van der Waals surface area contributed by atoms with Gasteiger partial charge in [0.25, 0.3) is 0 Å². The number of hydrogen-bond donors (Lipinski definition) is 1. The lowest BCUT2D eigenvalue weighted by atomic mass is 9.64. The van der Waals surface area contributed by atoms with Gasteiger partial charge in [0.15, 0.2) is 0 Å². The van der Waals surface area contributed by atoms with E-state index in [4.69, 9.17) is 0 Å². The van der Waals surface area contributed by atoms with E-state index in [1.54, 1.807) is 0 Å². The first-order valence-corrected chi connectivity index (χ1v) is 6.72. The molecule has 17 heavy (non-hydrogen) atoms. The molecule has 1 aliphatic carbocycles. The Morgan fingerprint density at radius 3 is 2.29 bits per heavy atom. The molecule has 2 heteroatoms. The molecule has 1 aliphatic rings. The molecular formula is C15H23NO. The number of phenols is 1. The van der Waals surface area contributed by atoms with E-state index in [0.29, 0.717) is 5.75 Å². The Morgan fingerprint density at radius 1 is 1.18 bits per heavy atom. The Labute approximate surface area is 104 Å². The number of hydrogen-bond acceptors (Lipinski definition) is 2. The fraction of sp³-hybridized carbons (Fsp3) is 0.600. The van der Waals surface area contributed by atoms with E-state index in [0.717, 1.165) is 25.2 Å². The minimum atomic E-state index is 0.206. The van der Waals surface area contributed by atoms with Crippen molar-refractivity contribution < 1.29 is 5.11 Å². The summed E-state index contributed by atoms with van der Waals surface area (Å²) in [5.74, 6) is 0.472. The third kappa shape index (κ3) is 2.32. The molecule has 1 aromatic rings. The molecule has 1 fully saturated rings. The van der Waals surface area contributed by atoms with Gasteiger partial charge >= 0.3 is 0 Å². The van der Waals surface area contributed by atoms with Crippen molar-refractivity contribution in [3.05, 3.63) is 29.8 Å². The van der Waals surface area contributed by atoms with Crippen LogP contribution in [0.4, 0.5) is 0 Å². The molecule has 0 aliphatic heterocycles. The molecule has 0 aromatic heterocycles. The summed E-state index contributed by atoms with van der Waals surface area (Å²) in [6.45, 7) is 7.68. The molecule has 0 spiro atoms.